The Morgan fingerprint density at radius 1 is 1.57 bits per heavy atom. The Labute approximate surface area is 91.0 Å². The summed E-state index contributed by atoms with van der Waals surface area (Å²) in [5, 5.41) is 0. The SMILES string of the molecule is CN1C(=O)c2ccc(Br)cc2[C@@H]1CN. The number of nitrogens with two attached hydrogens (primary N) is 1. The smallest absolute Gasteiger partial charge is 0.254 e. The maximum atomic E-state index is 11.7. The minimum atomic E-state index is 0.0231. The highest BCUT2D eigenvalue weighted by molar-refractivity contribution is 9.10. The van der Waals surface area contributed by atoms with E-state index in [1.54, 1.807) is 11.9 Å². The van der Waals surface area contributed by atoms with Crippen LogP contribution in [-0.2, 0) is 0 Å². The summed E-state index contributed by atoms with van der Waals surface area (Å²) in [5.41, 5.74) is 7.43. The zero-order valence-electron chi connectivity index (χ0n) is 7.83. The second-order valence-electron chi connectivity index (χ2n) is 3.40. The van der Waals surface area contributed by atoms with Crippen LogP contribution in [0.2, 0.25) is 0 Å². The zero-order valence-corrected chi connectivity index (χ0v) is 9.41. The Morgan fingerprint density at radius 3 is 2.93 bits per heavy atom. The van der Waals surface area contributed by atoms with E-state index >= 15 is 0 Å². The molecule has 0 saturated heterocycles. The van der Waals surface area contributed by atoms with E-state index in [-0.39, 0.29) is 11.9 Å². The molecule has 0 unspecified atom stereocenters. The lowest BCUT2D eigenvalue weighted by Gasteiger charge is -2.18. The van der Waals surface area contributed by atoms with Crippen LogP contribution in [0.1, 0.15) is 22.0 Å². The highest BCUT2D eigenvalue weighted by Crippen LogP contribution is 2.33. The molecule has 74 valence electrons. The van der Waals surface area contributed by atoms with E-state index in [2.05, 4.69) is 15.9 Å². The third kappa shape index (κ3) is 1.26. The average Bonchev–Trinajstić information content (AvgIpc) is 2.39. The molecule has 1 amide bonds. The van der Waals surface area contributed by atoms with Gasteiger partial charge < -0.3 is 10.6 Å². The fraction of sp³-hybridized carbons (Fsp3) is 0.300. The van der Waals surface area contributed by atoms with Crippen LogP contribution in [0.5, 0.6) is 0 Å². The standard InChI is InChI=1S/C10H11BrN2O/c1-13-9(5-12)8-4-6(11)2-3-7(8)10(13)14/h2-4,9H,5,12H2,1H3/t9-/m0/s1. The molecular formula is C10H11BrN2O. The number of hydrogen-bond acceptors (Lipinski definition) is 2. The van der Waals surface area contributed by atoms with Crippen LogP contribution in [0.15, 0.2) is 22.7 Å². The van der Waals surface area contributed by atoms with Gasteiger partial charge in [0.1, 0.15) is 0 Å². The number of amides is 1. The lowest BCUT2D eigenvalue weighted by atomic mass is 10.1. The highest BCUT2D eigenvalue weighted by atomic mass is 79.9. The van der Waals surface area contributed by atoms with Gasteiger partial charge in [-0.2, -0.15) is 0 Å². The van der Waals surface area contributed by atoms with Crippen molar-refractivity contribution in [2.24, 2.45) is 5.73 Å². The van der Waals surface area contributed by atoms with Gasteiger partial charge in [0, 0.05) is 23.6 Å². The quantitative estimate of drug-likeness (QED) is 0.827. The molecule has 1 aromatic carbocycles. The van der Waals surface area contributed by atoms with Gasteiger partial charge in [0.15, 0.2) is 0 Å². The summed E-state index contributed by atoms with van der Waals surface area (Å²) in [5.74, 6) is 0.0583. The minimum Gasteiger partial charge on any atom is -0.333 e. The molecule has 14 heavy (non-hydrogen) atoms. The normalized spacial score (nSPS) is 20.1. The molecule has 3 nitrogen and oxygen atoms in total. The molecule has 0 aliphatic carbocycles. The zero-order chi connectivity index (χ0) is 10.3. The molecule has 1 aliphatic rings. The van der Waals surface area contributed by atoms with Crippen molar-refractivity contribution in [1.29, 1.82) is 0 Å². The summed E-state index contributed by atoms with van der Waals surface area (Å²) in [6.07, 6.45) is 0. The van der Waals surface area contributed by atoms with E-state index in [0.717, 1.165) is 15.6 Å². The van der Waals surface area contributed by atoms with Crippen molar-refractivity contribution in [2.45, 2.75) is 6.04 Å². The number of benzene rings is 1. The Hall–Kier alpha value is -0.870. The van der Waals surface area contributed by atoms with Crippen LogP contribution in [0.3, 0.4) is 0 Å². The molecule has 4 heteroatoms. The molecule has 0 fully saturated rings. The van der Waals surface area contributed by atoms with Crippen molar-refractivity contribution >= 4 is 21.8 Å². The van der Waals surface area contributed by atoms with E-state index in [1.807, 2.05) is 18.2 Å². The van der Waals surface area contributed by atoms with Gasteiger partial charge in [-0.15, -0.1) is 0 Å². The number of likely N-dealkylation sites (N-methyl/N-ethyl adjacent to an activating group) is 1. The molecule has 1 atom stereocenters. The van der Waals surface area contributed by atoms with Gasteiger partial charge in [-0.25, -0.2) is 0 Å². The average molecular weight is 255 g/mol. The molecular weight excluding hydrogens is 244 g/mol. The van der Waals surface area contributed by atoms with Crippen molar-refractivity contribution in [1.82, 2.24) is 4.90 Å². The van der Waals surface area contributed by atoms with Crippen LogP contribution < -0.4 is 5.73 Å². The predicted octanol–water partition coefficient (Wildman–Crippen LogP) is 1.53. The van der Waals surface area contributed by atoms with E-state index < -0.39 is 0 Å². The van der Waals surface area contributed by atoms with Gasteiger partial charge in [0.05, 0.1) is 6.04 Å². The molecule has 0 saturated carbocycles. The molecule has 0 spiro atoms. The van der Waals surface area contributed by atoms with E-state index in [0.29, 0.717) is 6.54 Å². The van der Waals surface area contributed by atoms with Gasteiger partial charge >= 0.3 is 0 Å². The monoisotopic (exact) mass is 254 g/mol. The van der Waals surface area contributed by atoms with Gasteiger partial charge in [0.25, 0.3) is 5.91 Å². The fourth-order valence-corrected chi connectivity index (χ4v) is 2.21. The number of rotatable bonds is 1. The Balaban J connectivity index is 2.56. The number of fused-ring (bicyclic) bond motifs is 1. The Kier molecular flexibility index (Phi) is 2.33. The summed E-state index contributed by atoms with van der Waals surface area (Å²) in [4.78, 5) is 13.4. The fourth-order valence-electron chi connectivity index (χ4n) is 1.83. The van der Waals surface area contributed by atoms with Crippen molar-refractivity contribution in [3.8, 4) is 0 Å². The number of halogens is 1. The first-order valence-electron chi connectivity index (χ1n) is 4.42. The van der Waals surface area contributed by atoms with Crippen LogP contribution >= 0.6 is 15.9 Å². The van der Waals surface area contributed by atoms with Crippen molar-refractivity contribution < 1.29 is 4.79 Å². The van der Waals surface area contributed by atoms with Crippen molar-refractivity contribution in [2.75, 3.05) is 13.6 Å². The lowest BCUT2D eigenvalue weighted by Crippen LogP contribution is -2.28. The minimum absolute atomic E-state index is 0.0231. The molecule has 2 rings (SSSR count). The summed E-state index contributed by atoms with van der Waals surface area (Å²) in [7, 11) is 1.79. The maximum Gasteiger partial charge on any atom is 0.254 e. The van der Waals surface area contributed by atoms with Crippen LogP contribution in [0.25, 0.3) is 0 Å². The predicted molar refractivity (Wildman–Crippen MR) is 58.0 cm³/mol. The van der Waals surface area contributed by atoms with Crippen molar-refractivity contribution in [3.05, 3.63) is 33.8 Å². The molecule has 2 N–H and O–H groups in total. The molecule has 1 aromatic rings. The van der Waals surface area contributed by atoms with Crippen LogP contribution in [0, 0.1) is 0 Å². The topological polar surface area (TPSA) is 46.3 Å². The highest BCUT2D eigenvalue weighted by Gasteiger charge is 2.32. The largest absolute Gasteiger partial charge is 0.333 e. The van der Waals surface area contributed by atoms with E-state index in [1.165, 1.54) is 0 Å². The molecule has 0 radical (unpaired) electrons. The summed E-state index contributed by atoms with van der Waals surface area (Å²) < 4.78 is 0.984. The molecule has 1 aliphatic heterocycles. The third-order valence-corrected chi connectivity index (χ3v) is 3.11. The summed E-state index contributed by atoms with van der Waals surface area (Å²) >= 11 is 3.39. The number of nitrogens with zero attached hydrogens (tertiary/aromatic N) is 1. The summed E-state index contributed by atoms with van der Waals surface area (Å²) in [6, 6.07) is 5.71. The number of hydrogen-bond donors (Lipinski definition) is 1. The van der Waals surface area contributed by atoms with Gasteiger partial charge in [-0.1, -0.05) is 15.9 Å². The first-order chi connectivity index (χ1) is 6.65. The lowest BCUT2D eigenvalue weighted by molar-refractivity contribution is 0.0778. The second-order valence-corrected chi connectivity index (χ2v) is 4.31. The molecule has 0 aromatic heterocycles. The van der Waals surface area contributed by atoms with Gasteiger partial charge in [0.2, 0.25) is 0 Å². The van der Waals surface area contributed by atoms with Crippen molar-refractivity contribution in [3.63, 3.8) is 0 Å². The number of carbonyl (C=O) groups is 1. The first-order valence-corrected chi connectivity index (χ1v) is 5.21. The second kappa shape index (κ2) is 3.37. The maximum absolute atomic E-state index is 11.7. The first kappa shape index (κ1) is 9.68. The van der Waals surface area contributed by atoms with Gasteiger partial charge in [-0.3, -0.25) is 4.79 Å². The van der Waals surface area contributed by atoms with Crippen LogP contribution in [-0.4, -0.2) is 24.4 Å². The van der Waals surface area contributed by atoms with E-state index in [4.69, 9.17) is 5.73 Å². The van der Waals surface area contributed by atoms with E-state index in [9.17, 15) is 4.79 Å². The van der Waals surface area contributed by atoms with Gasteiger partial charge in [-0.05, 0) is 23.8 Å². The Morgan fingerprint density at radius 2 is 2.29 bits per heavy atom. The number of carbonyl (C=O) groups excluding carboxylic acids is 1. The molecule has 0 bridgehead atoms. The van der Waals surface area contributed by atoms with Crippen LogP contribution in [0.4, 0.5) is 0 Å². The third-order valence-electron chi connectivity index (χ3n) is 2.61. The Bertz CT molecular complexity index is 392. The summed E-state index contributed by atoms with van der Waals surface area (Å²) in [6.45, 7) is 0.464. The molecule has 1 heterocycles.